The third kappa shape index (κ3) is 6.83. The highest BCUT2D eigenvalue weighted by Gasteiger charge is 2.41. The van der Waals surface area contributed by atoms with Crippen molar-refractivity contribution in [3.8, 4) is 28.7 Å². The molecule has 0 amide bonds. The smallest absolute Gasteiger partial charge is 0.250 e. The van der Waals surface area contributed by atoms with E-state index in [4.69, 9.17) is 23.1 Å². The molecule has 0 aromatic heterocycles. The number of ether oxygens (including phenoxy) is 3. The topological polar surface area (TPSA) is 66.4 Å². The predicted octanol–water partition coefficient (Wildman–Crippen LogP) is 9.65. The van der Waals surface area contributed by atoms with E-state index in [1.54, 1.807) is 0 Å². The van der Waals surface area contributed by atoms with Crippen LogP contribution in [0.4, 0.5) is 0 Å². The van der Waals surface area contributed by atoms with Gasteiger partial charge in [0, 0.05) is 35.3 Å². The zero-order valence-corrected chi connectivity index (χ0v) is 30.7. The first-order chi connectivity index (χ1) is 21.0. The first-order valence-electron chi connectivity index (χ1n) is 16.0. The predicted molar refractivity (Wildman–Crippen MR) is 188 cm³/mol. The maximum Gasteiger partial charge on any atom is 0.250 e. The molecule has 1 atom stereocenters. The van der Waals surface area contributed by atoms with Gasteiger partial charge in [0.1, 0.15) is 41.5 Å². The maximum absolute atomic E-state index is 9.21. The summed E-state index contributed by atoms with van der Waals surface area (Å²) in [7, 11) is -4.07. The lowest BCUT2D eigenvalue weighted by Gasteiger charge is -2.37. The molecule has 1 N–H and O–H groups in total. The van der Waals surface area contributed by atoms with Gasteiger partial charge in [-0.05, 0) is 83.8 Å². The number of fused-ring (bicyclic) bond motifs is 4. The van der Waals surface area contributed by atoms with Crippen molar-refractivity contribution in [3.63, 3.8) is 0 Å². The summed E-state index contributed by atoms with van der Waals surface area (Å²) >= 11 is 0. The van der Waals surface area contributed by atoms with Gasteiger partial charge in [-0.25, -0.2) is 0 Å². The summed E-state index contributed by atoms with van der Waals surface area (Å²) in [6.07, 6.45) is 0.380. The van der Waals surface area contributed by atoms with Crippen molar-refractivity contribution in [3.05, 3.63) is 77.4 Å². The van der Waals surface area contributed by atoms with Gasteiger partial charge in [-0.2, -0.15) is 0 Å². The van der Waals surface area contributed by atoms with Gasteiger partial charge in [-0.1, -0.05) is 53.7 Å². The largest absolute Gasteiger partial charge is 0.543 e. The summed E-state index contributed by atoms with van der Waals surface area (Å²) in [6.45, 7) is 23.3. The molecule has 45 heavy (non-hydrogen) atoms. The Hall–Kier alpha value is -3.21. The van der Waals surface area contributed by atoms with Crippen LogP contribution in [-0.2, 0) is 0 Å². The molecule has 8 heteroatoms. The van der Waals surface area contributed by atoms with Gasteiger partial charge in [0.05, 0.1) is 13.2 Å². The summed E-state index contributed by atoms with van der Waals surface area (Å²) in [4.78, 5) is 0. The van der Waals surface area contributed by atoms with Gasteiger partial charge in [0.2, 0.25) is 16.6 Å². The van der Waals surface area contributed by atoms with Crippen LogP contribution < -0.4 is 23.1 Å². The first-order valence-corrected chi connectivity index (χ1v) is 21.9. The molecule has 0 aliphatic carbocycles. The Balaban J connectivity index is 1.61. The van der Waals surface area contributed by atoms with E-state index < -0.39 is 16.6 Å². The van der Waals surface area contributed by atoms with Crippen molar-refractivity contribution in [2.75, 3.05) is 19.8 Å². The van der Waals surface area contributed by atoms with E-state index in [0.29, 0.717) is 12.4 Å². The Kier molecular flexibility index (Phi) is 8.98. The zero-order valence-electron chi connectivity index (χ0n) is 28.7. The SMILES string of the molecule is CC(C)(C)[Si](C)(C)Oc1ccc2c(c1)O[C@H](c1ccc(OCCO)cc1)C1=C2CCOc2cc(O[Si](C)(C)C(C)(C)C)ccc21. The van der Waals surface area contributed by atoms with Crippen LogP contribution in [-0.4, -0.2) is 41.6 Å². The monoisotopic (exact) mass is 646 g/mol. The van der Waals surface area contributed by atoms with E-state index >= 15 is 0 Å². The highest BCUT2D eigenvalue weighted by atomic mass is 28.4. The fraction of sp³-hybridized carbons (Fsp3) is 0.459. The Labute approximate surface area is 271 Å². The van der Waals surface area contributed by atoms with Crippen molar-refractivity contribution in [2.45, 2.75) is 90.3 Å². The van der Waals surface area contributed by atoms with E-state index in [0.717, 1.165) is 51.7 Å². The van der Waals surface area contributed by atoms with Crippen LogP contribution in [0.15, 0.2) is 60.7 Å². The molecule has 5 rings (SSSR count). The van der Waals surface area contributed by atoms with Gasteiger partial charge in [0.15, 0.2) is 0 Å². The quantitative estimate of drug-likeness (QED) is 0.246. The average Bonchev–Trinajstić information content (AvgIpc) is 3.14. The molecule has 0 saturated carbocycles. The summed E-state index contributed by atoms with van der Waals surface area (Å²) in [6, 6.07) is 20.5. The molecule has 6 nitrogen and oxygen atoms in total. The maximum atomic E-state index is 9.21. The molecule has 3 aromatic rings. The highest BCUT2D eigenvalue weighted by Crippen LogP contribution is 2.53. The molecule has 0 bridgehead atoms. The molecule has 3 aromatic carbocycles. The van der Waals surface area contributed by atoms with Gasteiger partial charge in [-0.3, -0.25) is 0 Å². The van der Waals surface area contributed by atoms with Gasteiger partial charge >= 0.3 is 0 Å². The van der Waals surface area contributed by atoms with E-state index in [9.17, 15) is 5.11 Å². The number of benzene rings is 3. The summed E-state index contributed by atoms with van der Waals surface area (Å²) in [5, 5.41) is 9.38. The van der Waals surface area contributed by atoms with Crippen LogP contribution in [0.2, 0.25) is 36.3 Å². The molecule has 0 saturated heterocycles. The van der Waals surface area contributed by atoms with Crippen LogP contribution >= 0.6 is 0 Å². The van der Waals surface area contributed by atoms with Crippen molar-refractivity contribution in [2.24, 2.45) is 0 Å². The normalized spacial score (nSPS) is 16.8. The van der Waals surface area contributed by atoms with Gasteiger partial charge in [0.25, 0.3) is 0 Å². The second kappa shape index (κ2) is 12.2. The zero-order chi connectivity index (χ0) is 32.8. The molecule has 0 spiro atoms. The fourth-order valence-corrected chi connectivity index (χ4v) is 7.22. The molecule has 0 unspecified atom stereocenters. The lowest BCUT2D eigenvalue weighted by atomic mass is 9.84. The van der Waals surface area contributed by atoms with Crippen molar-refractivity contribution in [1.29, 1.82) is 0 Å². The summed E-state index contributed by atoms with van der Waals surface area (Å²) in [5.41, 5.74) is 5.43. The van der Waals surface area contributed by atoms with Gasteiger partial charge < -0.3 is 28.2 Å². The lowest BCUT2D eigenvalue weighted by molar-refractivity contribution is 0.201. The van der Waals surface area contributed by atoms with E-state index in [1.165, 1.54) is 5.57 Å². The van der Waals surface area contributed by atoms with E-state index in [1.807, 2.05) is 24.3 Å². The third-order valence-corrected chi connectivity index (χ3v) is 18.6. The van der Waals surface area contributed by atoms with Crippen molar-refractivity contribution >= 4 is 27.8 Å². The van der Waals surface area contributed by atoms with Crippen LogP contribution in [0.25, 0.3) is 11.1 Å². The third-order valence-electron chi connectivity index (χ3n) is 9.86. The molecular formula is C37H50O6Si2. The molecule has 0 radical (unpaired) electrons. The number of rotatable bonds is 8. The number of aliphatic hydroxyl groups is 1. The number of hydrogen-bond acceptors (Lipinski definition) is 6. The second-order valence-electron chi connectivity index (χ2n) is 15.2. The van der Waals surface area contributed by atoms with Crippen LogP contribution in [0.5, 0.6) is 28.7 Å². The summed E-state index contributed by atoms with van der Waals surface area (Å²) < 4.78 is 32.4. The number of aliphatic hydroxyl groups excluding tert-OH is 1. The standard InChI is InChI=1S/C37H50O6Si2/c1-36(2,3)44(7,8)42-27-16-18-31-32(23-27)40-21-19-30-29-17-15-28(43-45(9,10)37(4,5)6)24-33(29)41-35(34(30)31)25-11-13-26(14-12-25)39-22-20-38/h11-18,23-24,35,38H,19-22H2,1-10H3/t35-/m1/s1. The van der Waals surface area contributed by atoms with Crippen LogP contribution in [0.1, 0.15) is 70.8 Å². The molecule has 2 aliphatic heterocycles. The van der Waals surface area contributed by atoms with E-state index in [-0.39, 0.29) is 29.4 Å². The minimum atomic E-state index is -2.04. The van der Waals surface area contributed by atoms with Crippen LogP contribution in [0, 0.1) is 0 Å². The highest BCUT2D eigenvalue weighted by molar-refractivity contribution is 6.75. The van der Waals surface area contributed by atoms with Crippen molar-refractivity contribution < 1.29 is 28.2 Å². The average molecular weight is 647 g/mol. The van der Waals surface area contributed by atoms with E-state index in [2.05, 4.69) is 104 Å². The Morgan fingerprint density at radius 2 is 1.27 bits per heavy atom. The Bertz CT molecular complexity index is 1560. The van der Waals surface area contributed by atoms with Crippen LogP contribution in [0.3, 0.4) is 0 Å². The molecular weight excluding hydrogens is 597 g/mol. The van der Waals surface area contributed by atoms with Crippen molar-refractivity contribution in [1.82, 2.24) is 0 Å². The Morgan fingerprint density at radius 3 is 1.82 bits per heavy atom. The summed E-state index contributed by atoms with van der Waals surface area (Å²) in [5.74, 6) is 4.02. The Morgan fingerprint density at radius 1 is 0.733 bits per heavy atom. The minimum Gasteiger partial charge on any atom is -0.543 e. The molecule has 242 valence electrons. The van der Waals surface area contributed by atoms with Gasteiger partial charge in [-0.15, -0.1) is 0 Å². The second-order valence-corrected chi connectivity index (χ2v) is 24.6. The first kappa shape index (κ1) is 33.2. The minimum absolute atomic E-state index is 0.0301. The lowest BCUT2D eigenvalue weighted by Crippen LogP contribution is -2.43. The number of hydrogen-bond donors (Lipinski definition) is 1. The molecule has 2 aliphatic rings. The fourth-order valence-electron chi connectivity index (χ4n) is 5.18. The molecule has 2 heterocycles. The molecule has 0 fully saturated rings.